The number of aromatic amines is 1. The largest absolute Gasteiger partial charge is 0.480 e. The fraction of sp³-hybridized carbons (Fsp3) is 0.655. The molecule has 3 fully saturated rings. The van der Waals surface area contributed by atoms with Crippen LogP contribution in [0.25, 0.3) is 0 Å². The smallest absolute Gasteiger partial charge is 0.326 e. The number of aliphatic hydroxyl groups is 1. The monoisotopic (exact) mass is 522 g/mol. The summed E-state index contributed by atoms with van der Waals surface area (Å²) in [5.41, 5.74) is 1.75. The number of amides is 1. The number of aromatic nitrogens is 2. The van der Waals surface area contributed by atoms with Gasteiger partial charge in [-0.25, -0.2) is 9.78 Å². The SMILES string of the molecule is C#C[C@@]1(O)CC[C@@H]2[C@@H]3CCC4=C/C(=N\OCC(=O)N[C@H](Cc5cnc[nH]5)C(=O)O)CC[C@]4(C)[C@@H]3CC[C@@]21C. The van der Waals surface area contributed by atoms with Gasteiger partial charge >= 0.3 is 5.97 Å². The number of carbonyl (C=O) groups excluding carboxylic acids is 1. The number of oxime groups is 1. The first-order valence-electron chi connectivity index (χ1n) is 13.7. The molecule has 5 rings (SSSR count). The predicted octanol–water partition coefficient (Wildman–Crippen LogP) is 3.22. The molecule has 0 radical (unpaired) electrons. The Labute approximate surface area is 223 Å². The highest BCUT2D eigenvalue weighted by atomic mass is 16.6. The van der Waals surface area contributed by atoms with Gasteiger partial charge in [0, 0.05) is 23.7 Å². The fourth-order valence-electron chi connectivity index (χ4n) is 8.12. The van der Waals surface area contributed by atoms with E-state index in [2.05, 4.69) is 46.3 Å². The van der Waals surface area contributed by atoms with Gasteiger partial charge in [0.25, 0.3) is 5.91 Å². The van der Waals surface area contributed by atoms with Crippen LogP contribution in [0.2, 0.25) is 0 Å². The van der Waals surface area contributed by atoms with E-state index in [1.165, 1.54) is 18.1 Å². The number of nitrogens with zero attached hydrogens (tertiary/aromatic N) is 2. The second kappa shape index (κ2) is 9.88. The van der Waals surface area contributed by atoms with E-state index in [1.54, 1.807) is 0 Å². The number of H-pyrrole nitrogens is 1. The summed E-state index contributed by atoms with van der Waals surface area (Å²) in [6.45, 7) is 4.25. The standard InChI is InChI=1S/C29H38N4O5/c1-4-29(37)12-9-23-21-6-5-18-13-19(7-10-27(18,2)22(21)8-11-28(23,29)3)33-38-16-25(34)32-24(26(35)36)14-20-15-30-17-31-20/h1,13,15,17,21-24,37H,5-12,14,16H2,2-3H3,(H,30,31)(H,32,34)(H,35,36)/b33-19-/t21-,22-,23-,24-,27+,28+,29-/m1/s1. The molecule has 3 saturated carbocycles. The van der Waals surface area contributed by atoms with Crippen LogP contribution in [0, 0.1) is 40.9 Å². The lowest BCUT2D eigenvalue weighted by molar-refractivity contribution is -0.142. The lowest BCUT2D eigenvalue weighted by Crippen LogP contribution is -2.54. The molecule has 0 spiro atoms. The van der Waals surface area contributed by atoms with E-state index in [0.717, 1.165) is 50.7 Å². The maximum atomic E-state index is 12.3. The van der Waals surface area contributed by atoms with Gasteiger partial charge < -0.3 is 25.4 Å². The number of carboxylic acid groups (broad SMARTS) is 1. The first-order valence-corrected chi connectivity index (χ1v) is 13.7. The molecule has 1 amide bonds. The summed E-state index contributed by atoms with van der Waals surface area (Å²) in [4.78, 5) is 35.9. The molecule has 1 heterocycles. The van der Waals surface area contributed by atoms with Crippen LogP contribution >= 0.6 is 0 Å². The molecule has 4 aliphatic rings. The summed E-state index contributed by atoms with van der Waals surface area (Å²) in [5, 5.41) is 27.3. The van der Waals surface area contributed by atoms with Crippen LogP contribution in [0.1, 0.15) is 70.9 Å². The molecule has 4 N–H and O–H groups in total. The number of fused-ring (bicyclic) bond motifs is 5. The molecule has 0 saturated heterocycles. The first-order chi connectivity index (χ1) is 18.1. The zero-order chi connectivity index (χ0) is 27.1. The molecule has 0 bridgehead atoms. The van der Waals surface area contributed by atoms with Crippen molar-refractivity contribution in [3.63, 3.8) is 0 Å². The van der Waals surface area contributed by atoms with Gasteiger partial charge in [0.2, 0.25) is 0 Å². The summed E-state index contributed by atoms with van der Waals surface area (Å²) >= 11 is 0. The second-order valence-electron chi connectivity index (χ2n) is 12.1. The van der Waals surface area contributed by atoms with E-state index in [9.17, 15) is 19.8 Å². The summed E-state index contributed by atoms with van der Waals surface area (Å²) in [6.07, 6.45) is 18.6. The van der Waals surface area contributed by atoms with Crippen molar-refractivity contribution in [2.45, 2.75) is 83.3 Å². The molecule has 38 heavy (non-hydrogen) atoms. The Balaban J connectivity index is 1.20. The van der Waals surface area contributed by atoms with Gasteiger partial charge in [-0.15, -0.1) is 6.42 Å². The minimum atomic E-state index is -1.13. The number of hydrogen-bond acceptors (Lipinski definition) is 6. The quantitative estimate of drug-likeness (QED) is 0.321. The average molecular weight is 523 g/mol. The van der Waals surface area contributed by atoms with Gasteiger partial charge in [-0.3, -0.25) is 4.79 Å². The molecular formula is C29H38N4O5. The summed E-state index contributed by atoms with van der Waals surface area (Å²) in [5.74, 6) is 2.68. The Bertz CT molecular complexity index is 1190. The zero-order valence-electron chi connectivity index (χ0n) is 22.2. The first kappa shape index (κ1) is 26.5. The maximum Gasteiger partial charge on any atom is 0.326 e. The van der Waals surface area contributed by atoms with Crippen molar-refractivity contribution in [3.8, 4) is 12.3 Å². The highest BCUT2D eigenvalue weighted by molar-refractivity contribution is 5.96. The van der Waals surface area contributed by atoms with E-state index in [-0.39, 0.29) is 23.9 Å². The summed E-state index contributed by atoms with van der Waals surface area (Å²) in [6, 6.07) is -1.08. The van der Waals surface area contributed by atoms with Crippen molar-refractivity contribution >= 4 is 17.6 Å². The lowest BCUT2D eigenvalue weighted by atomic mass is 9.46. The van der Waals surface area contributed by atoms with E-state index < -0.39 is 23.5 Å². The van der Waals surface area contributed by atoms with Gasteiger partial charge in [0.15, 0.2) is 6.61 Å². The van der Waals surface area contributed by atoms with Crippen LogP contribution < -0.4 is 5.32 Å². The third kappa shape index (κ3) is 4.43. The Morgan fingerprint density at radius 2 is 2.05 bits per heavy atom. The van der Waals surface area contributed by atoms with E-state index in [4.69, 9.17) is 11.3 Å². The summed E-state index contributed by atoms with van der Waals surface area (Å²) < 4.78 is 0. The van der Waals surface area contributed by atoms with Gasteiger partial charge in [0.05, 0.1) is 12.0 Å². The van der Waals surface area contributed by atoms with E-state index >= 15 is 0 Å². The van der Waals surface area contributed by atoms with Crippen molar-refractivity contribution in [2.75, 3.05) is 6.61 Å². The van der Waals surface area contributed by atoms with E-state index in [1.807, 2.05) is 0 Å². The van der Waals surface area contributed by atoms with Crippen LogP contribution in [-0.4, -0.2) is 56.0 Å². The normalized spacial score (nSPS) is 37.7. The highest BCUT2D eigenvalue weighted by Gasteiger charge is 2.63. The Kier molecular flexibility index (Phi) is 6.89. The molecule has 9 heteroatoms. The Hall–Kier alpha value is -3.12. The zero-order valence-corrected chi connectivity index (χ0v) is 22.2. The highest BCUT2D eigenvalue weighted by Crippen LogP contribution is 2.67. The molecule has 7 atom stereocenters. The predicted molar refractivity (Wildman–Crippen MR) is 141 cm³/mol. The third-order valence-electron chi connectivity index (χ3n) is 10.4. The van der Waals surface area contributed by atoms with Gasteiger partial charge in [-0.1, -0.05) is 30.5 Å². The lowest BCUT2D eigenvalue weighted by Gasteiger charge is -2.58. The van der Waals surface area contributed by atoms with E-state index in [0.29, 0.717) is 29.9 Å². The van der Waals surface area contributed by atoms with Crippen molar-refractivity contribution in [2.24, 2.45) is 33.7 Å². The molecule has 1 aromatic heterocycles. The maximum absolute atomic E-state index is 12.3. The number of carboxylic acids is 1. The van der Waals surface area contributed by atoms with Crippen LogP contribution in [0.4, 0.5) is 0 Å². The molecule has 1 aromatic rings. The molecule has 0 unspecified atom stereocenters. The summed E-state index contributed by atoms with van der Waals surface area (Å²) in [7, 11) is 0. The molecule has 204 valence electrons. The minimum absolute atomic E-state index is 0.0961. The number of carbonyl (C=O) groups is 2. The number of terminal acetylenes is 1. The number of aliphatic carboxylic acids is 1. The number of imidazole rings is 1. The number of rotatable bonds is 7. The third-order valence-corrected chi connectivity index (χ3v) is 10.4. The van der Waals surface area contributed by atoms with Gasteiger partial charge in [0.1, 0.15) is 11.6 Å². The topological polar surface area (TPSA) is 137 Å². The van der Waals surface area contributed by atoms with Crippen molar-refractivity contribution in [1.82, 2.24) is 15.3 Å². The molecular weight excluding hydrogens is 484 g/mol. The van der Waals surface area contributed by atoms with Crippen molar-refractivity contribution < 1.29 is 24.6 Å². The van der Waals surface area contributed by atoms with Crippen molar-refractivity contribution in [1.29, 1.82) is 0 Å². The molecule has 4 aliphatic carbocycles. The Morgan fingerprint density at radius 1 is 1.26 bits per heavy atom. The molecule has 0 aromatic carbocycles. The van der Waals surface area contributed by atoms with Crippen LogP contribution in [-0.2, 0) is 20.8 Å². The molecule has 0 aliphatic heterocycles. The van der Waals surface area contributed by atoms with Gasteiger partial charge in [-0.05, 0) is 80.6 Å². The van der Waals surface area contributed by atoms with Crippen molar-refractivity contribution in [3.05, 3.63) is 29.9 Å². The number of nitrogens with one attached hydrogen (secondary N) is 2. The van der Waals surface area contributed by atoms with Crippen LogP contribution in [0.3, 0.4) is 0 Å². The van der Waals surface area contributed by atoms with Crippen LogP contribution in [0.5, 0.6) is 0 Å². The molecule has 9 nitrogen and oxygen atoms in total. The average Bonchev–Trinajstić information content (AvgIpc) is 3.49. The van der Waals surface area contributed by atoms with Crippen LogP contribution in [0.15, 0.2) is 29.3 Å². The fourth-order valence-corrected chi connectivity index (χ4v) is 8.12. The van der Waals surface area contributed by atoms with Gasteiger partial charge in [-0.2, -0.15) is 0 Å². The number of hydrogen-bond donors (Lipinski definition) is 4. The second-order valence-corrected chi connectivity index (χ2v) is 12.1. The minimum Gasteiger partial charge on any atom is -0.480 e. The number of allylic oxidation sites excluding steroid dienone is 2. The Morgan fingerprint density at radius 3 is 2.76 bits per heavy atom.